The molecule has 198 valence electrons. The number of nitriles is 2. The van der Waals surface area contributed by atoms with Crippen LogP contribution in [0.3, 0.4) is 0 Å². The van der Waals surface area contributed by atoms with Gasteiger partial charge in [0.25, 0.3) is 0 Å². The Hall–Kier alpha value is -3.92. The van der Waals surface area contributed by atoms with E-state index in [9.17, 15) is 10.5 Å². The Morgan fingerprint density at radius 2 is 1.74 bits per heavy atom. The Kier molecular flexibility index (Phi) is 7.45. The molecule has 0 bridgehead atoms. The van der Waals surface area contributed by atoms with E-state index in [1.807, 2.05) is 35.5 Å². The van der Waals surface area contributed by atoms with Gasteiger partial charge in [0, 0.05) is 40.6 Å². The Labute approximate surface area is 236 Å². The van der Waals surface area contributed by atoms with Gasteiger partial charge in [-0.1, -0.05) is 50.6 Å². The number of aromatic nitrogens is 1. The van der Waals surface area contributed by atoms with Crippen molar-refractivity contribution in [3.8, 4) is 12.1 Å². The van der Waals surface area contributed by atoms with Gasteiger partial charge in [-0.25, -0.2) is 0 Å². The summed E-state index contributed by atoms with van der Waals surface area (Å²) in [5.41, 5.74) is 8.44. The first kappa shape index (κ1) is 28.1. The van der Waals surface area contributed by atoms with Gasteiger partial charge < -0.3 is 16.1 Å². The molecule has 0 saturated carbocycles. The average Bonchev–Trinajstić information content (AvgIpc) is 3.38. The van der Waals surface area contributed by atoms with E-state index < -0.39 is 5.44 Å². The highest BCUT2D eigenvalue weighted by atomic mass is 35.5. The molecule has 2 heterocycles. The lowest BCUT2D eigenvalue weighted by molar-refractivity contribution is 0.138. The van der Waals surface area contributed by atoms with E-state index in [0.717, 1.165) is 0 Å². The summed E-state index contributed by atoms with van der Waals surface area (Å²) in [6, 6.07) is 15.4. The number of hydrogen-bond acceptors (Lipinski definition) is 8. The molecule has 0 spiro atoms. The molecular weight excluding hydrogens is 507 g/mol. The van der Waals surface area contributed by atoms with Crippen molar-refractivity contribution in [1.82, 2.24) is 21.0 Å². The molecule has 39 heavy (non-hydrogen) atoms. The molecule has 8 nitrogen and oxygen atoms in total. The van der Waals surface area contributed by atoms with E-state index in [4.69, 9.17) is 19.4 Å². The molecule has 0 saturated heterocycles. The normalized spacial score (nSPS) is 15.1. The fraction of sp³-hybridized carbons (Fsp3) is 0.345. The second kappa shape index (κ2) is 10.3. The second-order valence-electron chi connectivity index (χ2n) is 11.8. The van der Waals surface area contributed by atoms with Gasteiger partial charge in [-0.15, -0.1) is 5.53 Å². The maximum absolute atomic E-state index is 10.0. The summed E-state index contributed by atoms with van der Waals surface area (Å²) in [6.07, 6.45) is 3.40. The van der Waals surface area contributed by atoms with Gasteiger partial charge >= 0.3 is 0 Å². The standard InChI is InChI=1S/C29H32BClN8/c1-27(2,3)17-35-26-19(14-33)15-34-25-18(13-32)11-20(12-21(25)26)36-29(30,22-9-7-8-10-23(22)31)24-16-39(38-37-24)28(4,5)6/h7-12,15-16,36-38H,17H2,1-6H3,(H,34,35). The van der Waals surface area contributed by atoms with Gasteiger partial charge in [-0.2, -0.15) is 10.5 Å². The Bertz CT molecular complexity index is 1520. The number of anilines is 2. The Balaban J connectivity index is 1.90. The van der Waals surface area contributed by atoms with Crippen molar-refractivity contribution in [1.29, 1.82) is 10.5 Å². The summed E-state index contributed by atoms with van der Waals surface area (Å²) < 4.78 is 0. The molecule has 1 unspecified atom stereocenters. The number of nitrogens with one attached hydrogen (secondary N) is 4. The van der Waals surface area contributed by atoms with E-state index in [1.165, 1.54) is 6.20 Å². The smallest absolute Gasteiger partial charge is 0.119 e. The van der Waals surface area contributed by atoms with E-state index >= 15 is 0 Å². The topological polar surface area (TPSA) is 112 Å². The first-order valence-corrected chi connectivity index (χ1v) is 13.0. The lowest BCUT2D eigenvalue weighted by Gasteiger charge is -2.35. The summed E-state index contributed by atoms with van der Waals surface area (Å²) in [6.45, 7) is 13.1. The molecule has 3 aromatic rings. The van der Waals surface area contributed by atoms with Crippen LogP contribution in [-0.4, -0.2) is 29.9 Å². The first-order chi connectivity index (χ1) is 18.3. The molecule has 1 aromatic heterocycles. The molecule has 2 radical (unpaired) electrons. The van der Waals surface area contributed by atoms with Crippen molar-refractivity contribution in [2.45, 2.75) is 52.5 Å². The summed E-state index contributed by atoms with van der Waals surface area (Å²) in [5.74, 6) is 0. The lowest BCUT2D eigenvalue weighted by Crippen LogP contribution is -2.49. The van der Waals surface area contributed by atoms with E-state index in [0.29, 0.717) is 56.2 Å². The van der Waals surface area contributed by atoms with E-state index in [-0.39, 0.29) is 11.0 Å². The van der Waals surface area contributed by atoms with Crippen LogP contribution < -0.4 is 21.6 Å². The molecular formula is C29H32BClN8. The van der Waals surface area contributed by atoms with Crippen molar-refractivity contribution in [2.24, 2.45) is 5.41 Å². The number of halogens is 1. The number of fused-ring (bicyclic) bond motifs is 1. The fourth-order valence-corrected chi connectivity index (χ4v) is 4.54. The second-order valence-corrected chi connectivity index (χ2v) is 12.2. The summed E-state index contributed by atoms with van der Waals surface area (Å²) in [4.78, 5) is 4.45. The fourth-order valence-electron chi connectivity index (χ4n) is 4.25. The molecule has 1 aliphatic heterocycles. The van der Waals surface area contributed by atoms with Crippen LogP contribution in [0.4, 0.5) is 11.4 Å². The van der Waals surface area contributed by atoms with Crippen LogP contribution in [0.5, 0.6) is 0 Å². The Morgan fingerprint density at radius 1 is 1.05 bits per heavy atom. The van der Waals surface area contributed by atoms with Gasteiger partial charge in [0.05, 0.1) is 33.5 Å². The molecule has 0 amide bonds. The molecule has 1 atom stereocenters. The first-order valence-electron chi connectivity index (χ1n) is 12.6. The number of nitrogens with zero attached hydrogens (tertiary/aromatic N) is 4. The van der Waals surface area contributed by atoms with E-state index in [1.54, 1.807) is 12.1 Å². The van der Waals surface area contributed by atoms with Crippen LogP contribution in [0.25, 0.3) is 10.9 Å². The minimum Gasteiger partial charge on any atom is -0.383 e. The third-order valence-electron chi connectivity index (χ3n) is 6.36. The quantitative estimate of drug-likeness (QED) is 0.305. The van der Waals surface area contributed by atoms with Gasteiger partial charge in [0.2, 0.25) is 0 Å². The summed E-state index contributed by atoms with van der Waals surface area (Å²) >= 11 is 6.66. The molecule has 2 aromatic carbocycles. The number of pyridine rings is 1. The third-order valence-corrected chi connectivity index (χ3v) is 6.69. The van der Waals surface area contributed by atoms with Crippen LogP contribution in [-0.2, 0) is 5.44 Å². The van der Waals surface area contributed by atoms with Crippen molar-refractivity contribution in [2.75, 3.05) is 17.2 Å². The van der Waals surface area contributed by atoms with Crippen molar-refractivity contribution >= 4 is 41.7 Å². The zero-order valence-corrected chi connectivity index (χ0v) is 23.8. The molecule has 4 rings (SSSR count). The van der Waals surface area contributed by atoms with Gasteiger partial charge in [-0.05, 0) is 49.9 Å². The molecule has 0 fully saturated rings. The number of hydrazine groups is 2. The number of benzene rings is 2. The van der Waals surface area contributed by atoms with Crippen LogP contribution in [0, 0.1) is 28.1 Å². The van der Waals surface area contributed by atoms with Gasteiger partial charge in [0.15, 0.2) is 0 Å². The SMILES string of the molecule is [B]C(Nc1cc(C#N)c2ncc(C#N)c(NCC(C)(C)C)c2c1)(C1=CN(C(C)(C)C)NN1)c1ccccc1Cl. The summed E-state index contributed by atoms with van der Waals surface area (Å²) in [7, 11) is 7.15. The number of rotatable bonds is 6. The Morgan fingerprint density at radius 3 is 2.33 bits per heavy atom. The zero-order valence-electron chi connectivity index (χ0n) is 23.1. The highest BCUT2D eigenvalue weighted by molar-refractivity contribution is 6.33. The highest BCUT2D eigenvalue weighted by Crippen LogP contribution is 2.38. The number of hydrogen-bond donors (Lipinski definition) is 4. The van der Waals surface area contributed by atoms with Crippen molar-refractivity contribution in [3.63, 3.8) is 0 Å². The largest absolute Gasteiger partial charge is 0.383 e. The third kappa shape index (κ3) is 5.75. The van der Waals surface area contributed by atoms with Gasteiger partial charge in [-0.3, -0.25) is 9.99 Å². The molecule has 10 heteroatoms. The van der Waals surface area contributed by atoms with Crippen LogP contribution in [0.1, 0.15) is 58.2 Å². The van der Waals surface area contributed by atoms with Crippen molar-refractivity contribution in [3.05, 3.63) is 76.2 Å². The maximum atomic E-state index is 10.0. The average molecular weight is 539 g/mol. The van der Waals surface area contributed by atoms with Crippen LogP contribution in [0.2, 0.25) is 5.02 Å². The van der Waals surface area contributed by atoms with Gasteiger partial charge in [0.1, 0.15) is 20.0 Å². The predicted octanol–water partition coefficient (Wildman–Crippen LogP) is 5.49. The zero-order chi connectivity index (χ0) is 28.6. The predicted molar refractivity (Wildman–Crippen MR) is 158 cm³/mol. The minimum absolute atomic E-state index is 0.0424. The molecule has 1 aliphatic rings. The maximum Gasteiger partial charge on any atom is 0.119 e. The minimum atomic E-state index is -1.31. The van der Waals surface area contributed by atoms with Crippen LogP contribution in [0.15, 0.2) is 54.5 Å². The monoisotopic (exact) mass is 538 g/mol. The molecule has 4 N–H and O–H groups in total. The van der Waals surface area contributed by atoms with Crippen LogP contribution >= 0.6 is 11.6 Å². The lowest BCUT2D eigenvalue weighted by atomic mass is 9.69. The van der Waals surface area contributed by atoms with Crippen molar-refractivity contribution < 1.29 is 0 Å². The van der Waals surface area contributed by atoms with E-state index in [2.05, 4.69) is 80.3 Å². The highest BCUT2D eigenvalue weighted by Gasteiger charge is 2.37. The summed E-state index contributed by atoms with van der Waals surface area (Å²) in [5, 5.41) is 29.8. The molecule has 0 aliphatic carbocycles.